The van der Waals surface area contributed by atoms with Crippen molar-refractivity contribution in [1.82, 2.24) is 9.80 Å². The van der Waals surface area contributed by atoms with Crippen molar-refractivity contribution in [2.45, 2.75) is 31.8 Å². The van der Waals surface area contributed by atoms with E-state index >= 15 is 0 Å². The minimum Gasteiger partial charge on any atom is -0.339 e. The molecule has 3 nitrogen and oxygen atoms in total. The number of likely N-dealkylation sites (tertiary alicyclic amines) is 2. The number of hydrogen-bond donors (Lipinski definition) is 1. The molecule has 1 aromatic rings. The van der Waals surface area contributed by atoms with E-state index in [1.807, 2.05) is 11.3 Å². The summed E-state index contributed by atoms with van der Waals surface area (Å²) in [6, 6.07) is 4.79. The van der Waals surface area contributed by atoms with Crippen LogP contribution in [0.5, 0.6) is 0 Å². The molecule has 2 aliphatic rings. The number of thiol groups is 1. The Hall–Kier alpha value is -0.520. The number of carbonyl (C=O) groups excluding carboxylic acids is 1. The first-order valence-electron chi connectivity index (χ1n) is 7.41. The second-order valence-corrected chi connectivity index (χ2v) is 7.28. The molecule has 110 valence electrons. The third kappa shape index (κ3) is 3.21. The zero-order valence-electron chi connectivity index (χ0n) is 11.7. The molecule has 0 bridgehead atoms. The maximum Gasteiger partial charge on any atom is 0.223 e. The van der Waals surface area contributed by atoms with Crippen LogP contribution in [0.1, 0.15) is 24.1 Å². The van der Waals surface area contributed by atoms with Crippen LogP contribution in [0.2, 0.25) is 0 Å². The monoisotopic (exact) mass is 310 g/mol. The number of thiophene rings is 1. The van der Waals surface area contributed by atoms with E-state index in [0.717, 1.165) is 44.8 Å². The van der Waals surface area contributed by atoms with E-state index in [9.17, 15) is 4.79 Å². The van der Waals surface area contributed by atoms with E-state index < -0.39 is 0 Å². The Bertz CT molecular complexity index is 441. The minimum atomic E-state index is 0.348. The standard InChI is InChI=1S/C15H22N2OS2/c18-15-8-12(11-19)9-17(15)13-3-5-16(6-4-13)10-14-2-1-7-20-14/h1-2,7,12-13,19H,3-6,8-11H2. The molecule has 0 N–H and O–H groups in total. The van der Waals surface area contributed by atoms with Gasteiger partial charge in [-0.05, 0) is 36.0 Å². The molecule has 3 heterocycles. The molecule has 1 aromatic heterocycles. The fourth-order valence-electron chi connectivity index (χ4n) is 3.30. The number of rotatable bonds is 4. The van der Waals surface area contributed by atoms with E-state index in [-0.39, 0.29) is 0 Å². The van der Waals surface area contributed by atoms with Gasteiger partial charge in [0.2, 0.25) is 5.91 Å². The molecule has 2 saturated heterocycles. The summed E-state index contributed by atoms with van der Waals surface area (Å²) in [6.45, 7) is 4.21. The average Bonchev–Trinajstić information content (AvgIpc) is 3.09. The molecule has 2 fully saturated rings. The van der Waals surface area contributed by atoms with E-state index in [1.54, 1.807) is 0 Å². The summed E-state index contributed by atoms with van der Waals surface area (Å²) in [5.74, 6) is 1.65. The molecule has 0 spiro atoms. The Kier molecular flexibility index (Phi) is 4.68. The van der Waals surface area contributed by atoms with Gasteiger partial charge >= 0.3 is 0 Å². The maximum absolute atomic E-state index is 12.1. The highest BCUT2D eigenvalue weighted by Gasteiger charge is 2.35. The Balaban J connectivity index is 1.50. The van der Waals surface area contributed by atoms with Crippen LogP contribution in [-0.2, 0) is 11.3 Å². The molecule has 1 unspecified atom stereocenters. The van der Waals surface area contributed by atoms with Crippen LogP contribution in [0.4, 0.5) is 0 Å². The van der Waals surface area contributed by atoms with Gasteiger partial charge in [-0.15, -0.1) is 11.3 Å². The zero-order valence-corrected chi connectivity index (χ0v) is 13.4. The molecule has 0 aliphatic carbocycles. The van der Waals surface area contributed by atoms with Crippen LogP contribution in [0.3, 0.4) is 0 Å². The lowest BCUT2D eigenvalue weighted by atomic mass is 10.0. The summed E-state index contributed by atoms with van der Waals surface area (Å²) >= 11 is 6.17. The Morgan fingerprint density at radius 1 is 1.35 bits per heavy atom. The third-order valence-electron chi connectivity index (χ3n) is 4.45. The van der Waals surface area contributed by atoms with Crippen molar-refractivity contribution in [2.75, 3.05) is 25.4 Å². The lowest BCUT2D eigenvalue weighted by Crippen LogP contribution is -2.45. The van der Waals surface area contributed by atoms with Crippen LogP contribution in [0.25, 0.3) is 0 Å². The van der Waals surface area contributed by atoms with Crippen molar-refractivity contribution >= 4 is 29.9 Å². The molecule has 0 radical (unpaired) electrons. The SMILES string of the molecule is O=C1CC(CS)CN1C1CCN(Cc2cccs2)CC1. The van der Waals surface area contributed by atoms with Crippen LogP contribution in [-0.4, -0.2) is 47.1 Å². The molecule has 1 atom stereocenters. The topological polar surface area (TPSA) is 23.6 Å². The van der Waals surface area contributed by atoms with Gasteiger partial charge in [0.15, 0.2) is 0 Å². The summed E-state index contributed by atoms with van der Waals surface area (Å²) in [4.78, 5) is 18.1. The third-order valence-corrected chi connectivity index (χ3v) is 5.83. The van der Waals surface area contributed by atoms with E-state index in [0.29, 0.717) is 24.3 Å². The first-order chi connectivity index (χ1) is 9.76. The Morgan fingerprint density at radius 2 is 2.15 bits per heavy atom. The second kappa shape index (κ2) is 6.50. The number of carbonyl (C=O) groups is 1. The van der Waals surface area contributed by atoms with Crippen LogP contribution < -0.4 is 0 Å². The molecule has 3 rings (SSSR count). The maximum atomic E-state index is 12.1. The van der Waals surface area contributed by atoms with Crippen molar-refractivity contribution < 1.29 is 4.79 Å². The molecular formula is C15H22N2OS2. The van der Waals surface area contributed by atoms with E-state index in [2.05, 4.69) is 39.9 Å². The lowest BCUT2D eigenvalue weighted by molar-refractivity contribution is -0.130. The number of hydrogen-bond acceptors (Lipinski definition) is 4. The minimum absolute atomic E-state index is 0.348. The fourth-order valence-corrected chi connectivity index (χ4v) is 4.29. The molecule has 0 aromatic carbocycles. The number of nitrogens with zero attached hydrogens (tertiary/aromatic N) is 2. The fraction of sp³-hybridized carbons (Fsp3) is 0.667. The highest BCUT2D eigenvalue weighted by molar-refractivity contribution is 7.80. The molecule has 20 heavy (non-hydrogen) atoms. The summed E-state index contributed by atoms with van der Waals surface area (Å²) in [7, 11) is 0. The van der Waals surface area contributed by atoms with Crippen molar-refractivity contribution in [3.8, 4) is 0 Å². The van der Waals surface area contributed by atoms with Gasteiger partial charge in [0.1, 0.15) is 0 Å². The van der Waals surface area contributed by atoms with Gasteiger partial charge in [-0.1, -0.05) is 6.07 Å². The lowest BCUT2D eigenvalue weighted by Gasteiger charge is -2.36. The number of piperidine rings is 1. The quantitative estimate of drug-likeness (QED) is 0.864. The van der Waals surface area contributed by atoms with Crippen LogP contribution in [0, 0.1) is 5.92 Å². The van der Waals surface area contributed by atoms with Gasteiger partial charge in [-0.3, -0.25) is 9.69 Å². The van der Waals surface area contributed by atoms with Gasteiger partial charge in [-0.2, -0.15) is 12.6 Å². The Labute approximate surface area is 130 Å². The average molecular weight is 310 g/mol. The largest absolute Gasteiger partial charge is 0.339 e. The van der Waals surface area contributed by atoms with Crippen molar-refractivity contribution in [2.24, 2.45) is 5.92 Å². The summed E-state index contributed by atoms with van der Waals surface area (Å²) in [6.07, 6.45) is 2.95. The molecular weight excluding hydrogens is 288 g/mol. The van der Waals surface area contributed by atoms with E-state index in [4.69, 9.17) is 0 Å². The predicted molar refractivity (Wildman–Crippen MR) is 86.3 cm³/mol. The van der Waals surface area contributed by atoms with Gasteiger partial charge in [0.25, 0.3) is 0 Å². The van der Waals surface area contributed by atoms with Gasteiger partial charge in [0, 0.05) is 43.5 Å². The second-order valence-electron chi connectivity index (χ2n) is 5.89. The summed E-state index contributed by atoms with van der Waals surface area (Å²) in [5.41, 5.74) is 0. The van der Waals surface area contributed by atoms with Crippen molar-refractivity contribution in [3.63, 3.8) is 0 Å². The summed E-state index contributed by atoms with van der Waals surface area (Å²) in [5, 5.41) is 2.14. The van der Waals surface area contributed by atoms with Gasteiger partial charge in [0.05, 0.1) is 0 Å². The summed E-state index contributed by atoms with van der Waals surface area (Å²) < 4.78 is 0. The van der Waals surface area contributed by atoms with Gasteiger partial charge in [-0.25, -0.2) is 0 Å². The smallest absolute Gasteiger partial charge is 0.223 e. The van der Waals surface area contributed by atoms with Crippen LogP contribution in [0.15, 0.2) is 17.5 Å². The normalized spacial score (nSPS) is 25.6. The van der Waals surface area contributed by atoms with Crippen LogP contribution >= 0.6 is 24.0 Å². The number of amides is 1. The van der Waals surface area contributed by atoms with Gasteiger partial charge < -0.3 is 4.90 Å². The van der Waals surface area contributed by atoms with Crippen molar-refractivity contribution in [1.29, 1.82) is 0 Å². The molecule has 1 amide bonds. The highest BCUT2D eigenvalue weighted by atomic mass is 32.1. The molecule has 2 aliphatic heterocycles. The zero-order chi connectivity index (χ0) is 13.9. The van der Waals surface area contributed by atoms with E-state index in [1.165, 1.54) is 4.88 Å². The first kappa shape index (κ1) is 14.4. The first-order valence-corrected chi connectivity index (χ1v) is 8.92. The predicted octanol–water partition coefficient (Wildman–Crippen LogP) is 2.49. The molecule has 5 heteroatoms. The van der Waals surface area contributed by atoms with Crippen molar-refractivity contribution in [3.05, 3.63) is 22.4 Å². The molecule has 0 saturated carbocycles. The Morgan fingerprint density at radius 3 is 2.75 bits per heavy atom. The highest BCUT2D eigenvalue weighted by Crippen LogP contribution is 2.26.